The van der Waals surface area contributed by atoms with Crippen LogP contribution in [0.15, 0.2) is 48.5 Å². The van der Waals surface area contributed by atoms with E-state index in [2.05, 4.69) is 38.5 Å². The fraction of sp³-hybridized carbons (Fsp3) is 0.222. The molecule has 0 aromatic heterocycles. The standard InChI is InChI=1S/C18H20IN3O2/c1-12(2)21-18(24)13-4-3-5-16(10-13)22-17(23)11-20-15-8-6-14(19)7-9-15/h3-10,12,20H,11H2,1-2H3,(H,21,24)(H,22,23). The van der Waals surface area contributed by atoms with Crippen molar-refractivity contribution in [2.75, 3.05) is 17.2 Å². The van der Waals surface area contributed by atoms with Gasteiger partial charge in [0.1, 0.15) is 0 Å². The zero-order chi connectivity index (χ0) is 17.5. The Bertz CT molecular complexity index is 714. The Kier molecular flexibility index (Phi) is 6.60. The molecule has 6 heteroatoms. The van der Waals surface area contributed by atoms with Gasteiger partial charge in [0, 0.05) is 26.6 Å². The van der Waals surface area contributed by atoms with Gasteiger partial charge in [0.05, 0.1) is 6.54 Å². The normalized spacial score (nSPS) is 10.3. The summed E-state index contributed by atoms with van der Waals surface area (Å²) < 4.78 is 1.14. The first-order chi connectivity index (χ1) is 11.4. The van der Waals surface area contributed by atoms with Crippen LogP contribution in [0.25, 0.3) is 0 Å². The molecule has 5 nitrogen and oxygen atoms in total. The van der Waals surface area contributed by atoms with Crippen LogP contribution < -0.4 is 16.0 Å². The number of hydrogen-bond donors (Lipinski definition) is 3. The van der Waals surface area contributed by atoms with Crippen LogP contribution in [0.3, 0.4) is 0 Å². The Balaban J connectivity index is 1.91. The summed E-state index contributed by atoms with van der Waals surface area (Å²) in [5.41, 5.74) is 2.00. The number of amides is 2. The van der Waals surface area contributed by atoms with Gasteiger partial charge >= 0.3 is 0 Å². The second-order valence-corrected chi connectivity index (χ2v) is 6.86. The van der Waals surface area contributed by atoms with Gasteiger partial charge in [-0.15, -0.1) is 0 Å². The third-order valence-electron chi connectivity index (χ3n) is 3.13. The number of carbonyl (C=O) groups is 2. The molecule has 2 aromatic carbocycles. The summed E-state index contributed by atoms with van der Waals surface area (Å²) in [6.07, 6.45) is 0. The van der Waals surface area contributed by atoms with Gasteiger partial charge in [-0.1, -0.05) is 6.07 Å². The molecular weight excluding hydrogens is 417 g/mol. The van der Waals surface area contributed by atoms with Crippen LogP contribution in [-0.4, -0.2) is 24.4 Å². The molecule has 0 saturated heterocycles. The first kappa shape index (κ1) is 18.3. The Hall–Kier alpha value is -2.09. The van der Waals surface area contributed by atoms with Crippen LogP contribution in [0.2, 0.25) is 0 Å². The number of rotatable bonds is 6. The molecular formula is C18H20IN3O2. The van der Waals surface area contributed by atoms with E-state index in [0.717, 1.165) is 9.26 Å². The van der Waals surface area contributed by atoms with E-state index >= 15 is 0 Å². The molecule has 0 aliphatic rings. The molecule has 0 unspecified atom stereocenters. The van der Waals surface area contributed by atoms with Gasteiger partial charge in [0.15, 0.2) is 0 Å². The van der Waals surface area contributed by atoms with Crippen LogP contribution in [0.5, 0.6) is 0 Å². The van der Waals surface area contributed by atoms with Crippen LogP contribution in [0, 0.1) is 3.57 Å². The first-order valence-electron chi connectivity index (χ1n) is 7.64. The molecule has 0 aliphatic carbocycles. The number of nitrogens with one attached hydrogen (secondary N) is 3. The molecule has 0 atom stereocenters. The molecule has 3 N–H and O–H groups in total. The fourth-order valence-corrected chi connectivity index (χ4v) is 2.40. The Morgan fingerprint density at radius 2 is 1.75 bits per heavy atom. The zero-order valence-corrected chi connectivity index (χ0v) is 15.8. The molecule has 0 fully saturated rings. The van der Waals surface area contributed by atoms with E-state index < -0.39 is 0 Å². The average Bonchev–Trinajstić information content (AvgIpc) is 2.54. The first-order valence-corrected chi connectivity index (χ1v) is 8.72. The number of halogens is 1. The summed E-state index contributed by atoms with van der Waals surface area (Å²) in [5.74, 6) is -0.326. The molecule has 0 bridgehead atoms. The fourth-order valence-electron chi connectivity index (χ4n) is 2.04. The minimum Gasteiger partial charge on any atom is -0.376 e. The Labute approximate surface area is 155 Å². The monoisotopic (exact) mass is 437 g/mol. The van der Waals surface area contributed by atoms with Gasteiger partial charge < -0.3 is 16.0 Å². The van der Waals surface area contributed by atoms with Gasteiger partial charge in [-0.3, -0.25) is 9.59 Å². The maximum atomic E-state index is 12.0. The minimum atomic E-state index is -0.171. The third-order valence-corrected chi connectivity index (χ3v) is 3.84. The van der Waals surface area contributed by atoms with Gasteiger partial charge in [0.25, 0.3) is 5.91 Å². The average molecular weight is 437 g/mol. The summed E-state index contributed by atoms with van der Waals surface area (Å²) in [4.78, 5) is 24.0. The molecule has 0 heterocycles. The van der Waals surface area contributed by atoms with Gasteiger partial charge in [-0.05, 0) is 78.9 Å². The van der Waals surface area contributed by atoms with Crippen molar-refractivity contribution < 1.29 is 9.59 Å². The van der Waals surface area contributed by atoms with Crippen molar-refractivity contribution in [2.45, 2.75) is 19.9 Å². The van der Waals surface area contributed by atoms with E-state index in [4.69, 9.17) is 0 Å². The maximum absolute atomic E-state index is 12.0. The van der Waals surface area contributed by atoms with Crippen molar-refractivity contribution >= 4 is 45.8 Å². The molecule has 24 heavy (non-hydrogen) atoms. The van der Waals surface area contributed by atoms with E-state index in [9.17, 15) is 9.59 Å². The van der Waals surface area contributed by atoms with Crippen LogP contribution in [0.1, 0.15) is 24.2 Å². The number of anilines is 2. The minimum absolute atomic E-state index is 0.0638. The largest absolute Gasteiger partial charge is 0.376 e. The second kappa shape index (κ2) is 8.68. The molecule has 2 amide bonds. The van der Waals surface area contributed by atoms with Gasteiger partial charge in [0.2, 0.25) is 5.91 Å². The lowest BCUT2D eigenvalue weighted by Gasteiger charge is -2.11. The molecule has 0 aliphatic heterocycles. The lowest BCUT2D eigenvalue weighted by atomic mass is 10.1. The van der Waals surface area contributed by atoms with Crippen LogP contribution in [-0.2, 0) is 4.79 Å². The molecule has 0 radical (unpaired) electrons. The van der Waals surface area contributed by atoms with E-state index in [1.54, 1.807) is 24.3 Å². The molecule has 0 saturated carbocycles. The lowest BCUT2D eigenvalue weighted by Crippen LogP contribution is -2.30. The van der Waals surface area contributed by atoms with Crippen molar-refractivity contribution in [2.24, 2.45) is 0 Å². The van der Waals surface area contributed by atoms with E-state index in [1.165, 1.54) is 0 Å². The van der Waals surface area contributed by atoms with Crippen molar-refractivity contribution in [3.8, 4) is 0 Å². The van der Waals surface area contributed by atoms with Gasteiger partial charge in [-0.25, -0.2) is 0 Å². The highest BCUT2D eigenvalue weighted by Crippen LogP contribution is 2.12. The number of benzene rings is 2. The maximum Gasteiger partial charge on any atom is 0.251 e. The number of carbonyl (C=O) groups excluding carboxylic acids is 2. The van der Waals surface area contributed by atoms with Crippen molar-refractivity contribution in [1.82, 2.24) is 5.32 Å². The van der Waals surface area contributed by atoms with Crippen molar-refractivity contribution in [3.05, 3.63) is 57.7 Å². The smallest absolute Gasteiger partial charge is 0.251 e. The molecule has 2 aromatic rings. The predicted octanol–water partition coefficient (Wildman–Crippen LogP) is 3.48. The summed E-state index contributed by atoms with van der Waals surface area (Å²) in [5, 5.41) is 8.68. The molecule has 126 valence electrons. The van der Waals surface area contributed by atoms with Crippen LogP contribution >= 0.6 is 22.6 Å². The SMILES string of the molecule is CC(C)NC(=O)c1cccc(NC(=O)CNc2ccc(I)cc2)c1. The number of hydrogen-bond acceptors (Lipinski definition) is 3. The Morgan fingerprint density at radius 1 is 1.04 bits per heavy atom. The van der Waals surface area contributed by atoms with E-state index in [0.29, 0.717) is 11.3 Å². The summed E-state index contributed by atoms with van der Waals surface area (Å²) in [6, 6.07) is 14.7. The van der Waals surface area contributed by atoms with Gasteiger partial charge in [-0.2, -0.15) is 0 Å². The van der Waals surface area contributed by atoms with Crippen LogP contribution in [0.4, 0.5) is 11.4 Å². The summed E-state index contributed by atoms with van der Waals surface area (Å²) >= 11 is 2.23. The van der Waals surface area contributed by atoms with Crippen molar-refractivity contribution in [3.63, 3.8) is 0 Å². The highest BCUT2D eigenvalue weighted by atomic mass is 127. The highest BCUT2D eigenvalue weighted by molar-refractivity contribution is 14.1. The molecule has 2 rings (SSSR count). The second-order valence-electron chi connectivity index (χ2n) is 5.62. The highest BCUT2D eigenvalue weighted by Gasteiger charge is 2.09. The zero-order valence-electron chi connectivity index (χ0n) is 13.6. The summed E-state index contributed by atoms with van der Waals surface area (Å²) in [6.45, 7) is 3.96. The quantitative estimate of drug-likeness (QED) is 0.607. The van der Waals surface area contributed by atoms with E-state index in [1.807, 2.05) is 38.1 Å². The topological polar surface area (TPSA) is 70.2 Å². The summed E-state index contributed by atoms with van der Waals surface area (Å²) in [7, 11) is 0. The molecule has 0 spiro atoms. The van der Waals surface area contributed by atoms with Crippen molar-refractivity contribution in [1.29, 1.82) is 0 Å². The third kappa shape index (κ3) is 5.84. The van der Waals surface area contributed by atoms with E-state index in [-0.39, 0.29) is 24.4 Å². The predicted molar refractivity (Wildman–Crippen MR) is 105 cm³/mol. The lowest BCUT2D eigenvalue weighted by molar-refractivity contribution is -0.114. The Morgan fingerprint density at radius 3 is 2.42 bits per heavy atom.